The van der Waals surface area contributed by atoms with Gasteiger partial charge in [0.1, 0.15) is 22.5 Å². The summed E-state index contributed by atoms with van der Waals surface area (Å²) in [5.41, 5.74) is 6.22. The Balaban J connectivity index is 1.21. The van der Waals surface area contributed by atoms with E-state index >= 15 is 0 Å². The van der Waals surface area contributed by atoms with E-state index < -0.39 is 0 Å². The van der Waals surface area contributed by atoms with E-state index in [9.17, 15) is 0 Å². The first-order valence-electron chi connectivity index (χ1n) is 35.1. The average Bonchev–Trinajstić information content (AvgIpc) is 1.93. The third kappa shape index (κ3) is 20.3. The summed E-state index contributed by atoms with van der Waals surface area (Å²) in [4.78, 5) is 6.92. The number of fused-ring (bicyclic) bond motifs is 6. The second kappa shape index (κ2) is 38.3. The molecular formula is C76H110N2O2S5. The summed E-state index contributed by atoms with van der Waals surface area (Å²) in [5, 5.41) is 7.46. The van der Waals surface area contributed by atoms with Crippen LogP contribution in [0.4, 0.5) is 0 Å². The summed E-state index contributed by atoms with van der Waals surface area (Å²) >= 11 is 9.24. The summed E-state index contributed by atoms with van der Waals surface area (Å²) in [7, 11) is 0. The number of ether oxygens (including phenoxy) is 2. The first-order valence-corrected chi connectivity index (χ1v) is 39.2. The van der Waals surface area contributed by atoms with Crippen LogP contribution in [0.1, 0.15) is 284 Å². The topological polar surface area (TPSA) is 44.2 Å². The van der Waals surface area contributed by atoms with Gasteiger partial charge >= 0.3 is 0 Å². The molecule has 3 aromatic carbocycles. The Morgan fingerprint density at radius 2 is 0.847 bits per heavy atom. The molecule has 0 bridgehead atoms. The summed E-state index contributed by atoms with van der Waals surface area (Å²) < 4.78 is 27.2. The largest absolute Gasteiger partial charge is 0.493 e. The van der Waals surface area contributed by atoms with Gasteiger partial charge in [0, 0.05) is 50.1 Å². The number of hydrogen-bond donors (Lipinski definition) is 0. The van der Waals surface area contributed by atoms with Gasteiger partial charge in [-0.1, -0.05) is 246 Å². The van der Waals surface area contributed by atoms with Crippen molar-refractivity contribution in [2.75, 3.05) is 13.2 Å². The van der Waals surface area contributed by atoms with E-state index in [1.54, 1.807) is 0 Å². The standard InChI is InChI=1S/C76H110N2O2S5/c1-7-13-19-23-25-27-29-31-33-37-44-59-48-49-81-73(59)68-53-61-50-65(79-55-57(40-17-11-5)42-35-21-15-9-3)71-70(75(61)83-68)66(80-56-58(41-18-12-6)43-36-22-16-10-4)51-62-54-69(84-76(62)71)74-60(45-38-34-32-30-28-26-24-20-14-8-2)52-67(82-74)63-46-39-47-64-72(63)78-85-77-64/h39,46-54,57-58H,7-38,40-45,55-56H2,1-6H3. The Labute approximate surface area is 536 Å². The molecule has 0 aliphatic carbocycles. The molecule has 0 N–H and O–H groups in total. The fourth-order valence-electron chi connectivity index (χ4n) is 13.0. The number of thiophene rings is 4. The molecule has 8 aromatic rings. The first kappa shape index (κ1) is 67.6. The molecule has 0 spiro atoms. The van der Waals surface area contributed by atoms with Crippen LogP contribution in [0.3, 0.4) is 0 Å². The molecule has 2 unspecified atom stereocenters. The fourth-order valence-corrected chi connectivity index (χ4v) is 18.5. The van der Waals surface area contributed by atoms with Crippen molar-refractivity contribution in [3.8, 4) is 41.4 Å². The van der Waals surface area contributed by atoms with E-state index in [-0.39, 0.29) is 0 Å². The van der Waals surface area contributed by atoms with Gasteiger partial charge in [0.05, 0.1) is 24.9 Å². The number of rotatable bonds is 47. The Bertz CT molecular complexity index is 3090. The molecule has 0 aliphatic rings. The number of hydrogen-bond acceptors (Lipinski definition) is 9. The van der Waals surface area contributed by atoms with Crippen molar-refractivity contribution in [3.63, 3.8) is 0 Å². The van der Waals surface area contributed by atoms with Gasteiger partial charge in [-0.05, 0) is 133 Å². The fraction of sp³-hybridized carbons (Fsp3) is 0.632. The molecule has 8 rings (SSSR count). The maximum Gasteiger partial charge on any atom is 0.129 e. The number of nitrogens with zero attached hydrogens (tertiary/aromatic N) is 2. The van der Waals surface area contributed by atoms with E-state index in [4.69, 9.17) is 13.8 Å². The van der Waals surface area contributed by atoms with Crippen molar-refractivity contribution in [3.05, 3.63) is 71.1 Å². The van der Waals surface area contributed by atoms with Gasteiger partial charge in [-0.2, -0.15) is 8.75 Å². The van der Waals surface area contributed by atoms with Crippen LogP contribution < -0.4 is 9.47 Å². The highest BCUT2D eigenvalue weighted by molar-refractivity contribution is 7.28. The average molecular weight is 1240 g/mol. The molecule has 9 heteroatoms. The Morgan fingerprint density at radius 1 is 0.400 bits per heavy atom. The molecule has 0 aliphatic heterocycles. The van der Waals surface area contributed by atoms with Gasteiger partial charge in [-0.15, -0.1) is 45.3 Å². The highest BCUT2D eigenvalue weighted by atomic mass is 32.1. The van der Waals surface area contributed by atoms with E-state index in [1.165, 1.54) is 315 Å². The van der Waals surface area contributed by atoms with E-state index in [2.05, 4.69) is 106 Å². The zero-order chi connectivity index (χ0) is 59.3. The first-order chi connectivity index (χ1) is 42.0. The SMILES string of the molecule is CCCCCCCCCCCCc1ccsc1-c1cc2cc(OCC(CCCC)CCCCCC)c3c4sc(-c5sc(-c6cccc7nsnc67)cc5CCCCCCCCCCCC)cc4cc(OCC(CCCC)CCCCCC)c3c2s1. The molecule has 466 valence electrons. The predicted molar refractivity (Wildman–Crippen MR) is 383 cm³/mol. The van der Waals surface area contributed by atoms with Gasteiger partial charge in [-0.3, -0.25) is 0 Å². The van der Waals surface area contributed by atoms with Crippen molar-refractivity contribution < 1.29 is 9.47 Å². The monoisotopic (exact) mass is 1240 g/mol. The molecule has 0 radical (unpaired) electrons. The second-order valence-electron chi connectivity index (χ2n) is 25.4. The maximum atomic E-state index is 7.50. The Morgan fingerprint density at radius 3 is 1.35 bits per heavy atom. The lowest BCUT2D eigenvalue weighted by Crippen LogP contribution is -2.13. The minimum absolute atomic E-state index is 0.538. The van der Waals surface area contributed by atoms with Gasteiger partial charge in [0.25, 0.3) is 0 Å². The van der Waals surface area contributed by atoms with Crippen molar-refractivity contribution >= 4 is 99.1 Å². The minimum Gasteiger partial charge on any atom is -0.493 e. The van der Waals surface area contributed by atoms with Gasteiger partial charge in [-0.25, -0.2) is 0 Å². The number of aromatic nitrogens is 2. The molecular weight excluding hydrogens is 1130 g/mol. The molecule has 2 atom stereocenters. The van der Waals surface area contributed by atoms with Crippen LogP contribution >= 0.6 is 57.1 Å². The van der Waals surface area contributed by atoms with Crippen LogP contribution in [0.2, 0.25) is 0 Å². The summed E-state index contributed by atoms with van der Waals surface area (Å²) in [6.07, 6.45) is 49.6. The lowest BCUT2D eigenvalue weighted by Gasteiger charge is -2.21. The van der Waals surface area contributed by atoms with Crippen molar-refractivity contribution in [2.24, 2.45) is 11.8 Å². The number of benzene rings is 3. The van der Waals surface area contributed by atoms with Crippen LogP contribution in [-0.4, -0.2) is 22.0 Å². The third-order valence-corrected chi connectivity index (χ3v) is 23.7. The van der Waals surface area contributed by atoms with Crippen LogP contribution in [-0.2, 0) is 12.8 Å². The summed E-state index contributed by atoms with van der Waals surface area (Å²) in [5.74, 6) is 3.17. The highest BCUT2D eigenvalue weighted by Gasteiger charge is 2.25. The van der Waals surface area contributed by atoms with Crippen LogP contribution in [0.15, 0.2) is 60.0 Å². The van der Waals surface area contributed by atoms with E-state index in [1.807, 2.05) is 45.3 Å². The quantitative estimate of drug-likeness (QED) is 0.0357. The van der Waals surface area contributed by atoms with Crippen LogP contribution in [0.25, 0.3) is 71.9 Å². The Hall–Kier alpha value is -3.34. The maximum absolute atomic E-state index is 7.50. The van der Waals surface area contributed by atoms with Crippen molar-refractivity contribution in [2.45, 2.75) is 286 Å². The Kier molecular flexibility index (Phi) is 30.4. The molecule has 0 fully saturated rings. The molecule has 5 aromatic heterocycles. The van der Waals surface area contributed by atoms with Crippen molar-refractivity contribution in [1.29, 1.82) is 0 Å². The molecule has 5 heterocycles. The number of aryl methyl sites for hydroxylation is 2. The predicted octanol–water partition coefficient (Wildman–Crippen LogP) is 27.6. The van der Waals surface area contributed by atoms with Crippen LogP contribution in [0.5, 0.6) is 11.5 Å². The van der Waals surface area contributed by atoms with E-state index in [0.717, 1.165) is 48.6 Å². The lowest BCUT2D eigenvalue weighted by atomic mass is 9.95. The zero-order valence-corrected chi connectivity index (χ0v) is 58.0. The second-order valence-corrected chi connectivity index (χ2v) is 30.0. The van der Waals surface area contributed by atoms with Gasteiger partial charge < -0.3 is 9.47 Å². The normalized spacial score (nSPS) is 12.7. The smallest absolute Gasteiger partial charge is 0.129 e. The summed E-state index contributed by atoms with van der Waals surface area (Å²) in [6.45, 7) is 15.5. The summed E-state index contributed by atoms with van der Waals surface area (Å²) in [6, 6.07) is 21.5. The van der Waals surface area contributed by atoms with Gasteiger partial charge in [0.2, 0.25) is 0 Å². The zero-order valence-electron chi connectivity index (χ0n) is 54.0. The molecule has 0 saturated heterocycles. The van der Waals surface area contributed by atoms with Crippen molar-refractivity contribution in [1.82, 2.24) is 8.75 Å². The third-order valence-electron chi connectivity index (χ3n) is 18.3. The van der Waals surface area contributed by atoms with E-state index in [0.29, 0.717) is 11.8 Å². The highest BCUT2D eigenvalue weighted by Crippen LogP contribution is 2.53. The molecule has 0 saturated carbocycles. The lowest BCUT2D eigenvalue weighted by molar-refractivity contribution is 0.226. The molecule has 4 nitrogen and oxygen atoms in total. The van der Waals surface area contributed by atoms with Gasteiger partial charge in [0.15, 0.2) is 0 Å². The molecule has 0 amide bonds. The number of unbranched alkanes of at least 4 members (excludes halogenated alkanes) is 26. The minimum atomic E-state index is 0.538. The van der Waals surface area contributed by atoms with Crippen LogP contribution in [0, 0.1) is 11.8 Å². The molecule has 85 heavy (non-hydrogen) atoms.